The van der Waals surface area contributed by atoms with Gasteiger partial charge in [0.15, 0.2) is 0 Å². The van der Waals surface area contributed by atoms with Crippen LogP contribution >= 0.6 is 11.8 Å². The normalized spacial score (nSPS) is 20.8. The van der Waals surface area contributed by atoms with Gasteiger partial charge >= 0.3 is 11.9 Å². The van der Waals surface area contributed by atoms with E-state index in [9.17, 15) is 19.2 Å². The number of amides is 2. The van der Waals surface area contributed by atoms with Crippen molar-refractivity contribution in [2.75, 3.05) is 6.54 Å². The van der Waals surface area contributed by atoms with E-state index in [0.29, 0.717) is 16.7 Å². The molecule has 82 valence electrons. The van der Waals surface area contributed by atoms with Gasteiger partial charge in [0.2, 0.25) is 5.91 Å². The summed E-state index contributed by atoms with van der Waals surface area (Å²) in [6.07, 6.45) is -0.481. The molecule has 1 heterocycles. The lowest BCUT2D eigenvalue weighted by molar-refractivity contribution is -0.142. The van der Waals surface area contributed by atoms with Crippen LogP contribution in [0.25, 0.3) is 0 Å². The number of carboxylic acid groups (broad SMARTS) is 2. The predicted molar refractivity (Wildman–Crippen MR) is 48.4 cm³/mol. The average Bonchev–Trinajstić information content (AvgIpc) is 2.31. The van der Waals surface area contributed by atoms with Gasteiger partial charge in [0, 0.05) is 0 Å². The second kappa shape index (κ2) is 4.30. The molecule has 2 N–H and O–H groups in total. The first-order chi connectivity index (χ1) is 6.91. The quantitative estimate of drug-likeness (QED) is 0.679. The number of hydrogen-bond donors (Lipinski definition) is 2. The molecule has 1 atom stereocenters. The van der Waals surface area contributed by atoms with Crippen molar-refractivity contribution in [3.05, 3.63) is 0 Å². The van der Waals surface area contributed by atoms with Gasteiger partial charge in [-0.3, -0.25) is 24.1 Å². The third kappa shape index (κ3) is 2.69. The van der Waals surface area contributed by atoms with Crippen molar-refractivity contribution in [1.82, 2.24) is 4.90 Å². The van der Waals surface area contributed by atoms with Crippen molar-refractivity contribution in [1.29, 1.82) is 0 Å². The Labute approximate surface area is 88.0 Å². The van der Waals surface area contributed by atoms with Crippen LogP contribution in [0.5, 0.6) is 0 Å². The van der Waals surface area contributed by atoms with E-state index in [-0.39, 0.29) is 0 Å². The SMILES string of the molecule is O=C(O)CC1SC(=O)N(CC(=O)O)C1=O. The largest absolute Gasteiger partial charge is 0.481 e. The van der Waals surface area contributed by atoms with Gasteiger partial charge in [-0.05, 0) is 0 Å². The van der Waals surface area contributed by atoms with Gasteiger partial charge in [0.25, 0.3) is 5.24 Å². The molecule has 1 fully saturated rings. The van der Waals surface area contributed by atoms with Gasteiger partial charge in [-0.2, -0.15) is 0 Å². The summed E-state index contributed by atoms with van der Waals surface area (Å²) in [4.78, 5) is 43.6. The molecule has 0 radical (unpaired) electrons. The zero-order chi connectivity index (χ0) is 11.6. The number of imide groups is 1. The van der Waals surface area contributed by atoms with Gasteiger partial charge in [-0.25, -0.2) is 0 Å². The minimum atomic E-state index is -1.31. The Morgan fingerprint density at radius 3 is 2.33 bits per heavy atom. The van der Waals surface area contributed by atoms with Crippen molar-refractivity contribution in [3.8, 4) is 0 Å². The highest BCUT2D eigenvalue weighted by atomic mass is 32.2. The third-order valence-corrected chi connectivity index (χ3v) is 2.73. The average molecular weight is 233 g/mol. The molecule has 0 aromatic rings. The number of carbonyl (C=O) groups is 4. The number of aliphatic carboxylic acids is 2. The van der Waals surface area contributed by atoms with Crippen LogP contribution in [0.3, 0.4) is 0 Å². The molecule has 1 unspecified atom stereocenters. The van der Waals surface area contributed by atoms with Crippen LogP contribution in [0.15, 0.2) is 0 Å². The number of carbonyl (C=O) groups excluding carboxylic acids is 2. The minimum absolute atomic E-state index is 0.481. The Morgan fingerprint density at radius 2 is 1.87 bits per heavy atom. The van der Waals surface area contributed by atoms with E-state index in [4.69, 9.17) is 10.2 Å². The first-order valence-electron chi connectivity index (χ1n) is 3.87. The second-order valence-corrected chi connectivity index (χ2v) is 3.94. The number of nitrogens with zero attached hydrogens (tertiary/aromatic N) is 1. The molecular weight excluding hydrogens is 226 g/mol. The molecule has 7 nitrogen and oxygen atoms in total. The van der Waals surface area contributed by atoms with Crippen LogP contribution in [-0.2, 0) is 14.4 Å². The highest BCUT2D eigenvalue weighted by molar-refractivity contribution is 8.15. The number of carboxylic acids is 2. The molecule has 15 heavy (non-hydrogen) atoms. The lowest BCUT2D eigenvalue weighted by Crippen LogP contribution is -2.36. The summed E-state index contributed by atoms with van der Waals surface area (Å²) in [5.41, 5.74) is 0. The first-order valence-corrected chi connectivity index (χ1v) is 4.75. The fourth-order valence-corrected chi connectivity index (χ4v) is 2.04. The Morgan fingerprint density at radius 1 is 1.27 bits per heavy atom. The van der Waals surface area contributed by atoms with E-state index < -0.39 is 41.3 Å². The van der Waals surface area contributed by atoms with E-state index in [1.54, 1.807) is 0 Å². The highest BCUT2D eigenvalue weighted by Crippen LogP contribution is 2.28. The maximum atomic E-state index is 11.3. The number of hydrogen-bond acceptors (Lipinski definition) is 5. The van der Waals surface area contributed by atoms with Crippen LogP contribution < -0.4 is 0 Å². The fraction of sp³-hybridized carbons (Fsp3) is 0.429. The van der Waals surface area contributed by atoms with Crippen molar-refractivity contribution >= 4 is 34.8 Å². The molecule has 0 aromatic heterocycles. The summed E-state index contributed by atoms with van der Waals surface area (Å²) in [6, 6.07) is 0. The maximum Gasteiger partial charge on any atom is 0.323 e. The Balaban J connectivity index is 2.70. The second-order valence-electron chi connectivity index (χ2n) is 2.79. The summed E-state index contributed by atoms with van der Waals surface area (Å²) >= 11 is 0.545. The predicted octanol–water partition coefficient (Wildman–Crippen LogP) is -0.390. The lowest BCUT2D eigenvalue weighted by atomic mass is 10.3. The zero-order valence-corrected chi connectivity index (χ0v) is 8.19. The van der Waals surface area contributed by atoms with Crippen LogP contribution in [0, 0.1) is 0 Å². The van der Waals surface area contributed by atoms with Crippen LogP contribution in [-0.4, -0.2) is 50.0 Å². The fourth-order valence-electron chi connectivity index (χ4n) is 1.06. The standard InChI is InChI=1S/C7H7NO6S/c9-4(10)1-3-6(13)8(2-5(11)12)7(14)15-3/h3H,1-2H2,(H,9,10)(H,11,12). The van der Waals surface area contributed by atoms with E-state index in [1.807, 2.05) is 0 Å². The van der Waals surface area contributed by atoms with Crippen LogP contribution in [0.1, 0.15) is 6.42 Å². The molecule has 1 rings (SSSR count). The molecule has 1 saturated heterocycles. The summed E-state index contributed by atoms with van der Waals surface area (Å²) in [7, 11) is 0. The molecule has 2 amide bonds. The molecule has 0 spiro atoms. The van der Waals surface area contributed by atoms with E-state index in [0.717, 1.165) is 0 Å². The number of thioether (sulfide) groups is 1. The molecule has 1 aliphatic rings. The van der Waals surface area contributed by atoms with E-state index >= 15 is 0 Å². The highest BCUT2D eigenvalue weighted by Gasteiger charge is 2.41. The van der Waals surface area contributed by atoms with Gasteiger partial charge < -0.3 is 10.2 Å². The lowest BCUT2D eigenvalue weighted by Gasteiger charge is -2.09. The minimum Gasteiger partial charge on any atom is -0.481 e. The Hall–Kier alpha value is -1.57. The monoisotopic (exact) mass is 233 g/mol. The van der Waals surface area contributed by atoms with Gasteiger partial charge in [0.05, 0.1) is 6.42 Å². The zero-order valence-electron chi connectivity index (χ0n) is 7.37. The molecule has 0 bridgehead atoms. The van der Waals surface area contributed by atoms with Gasteiger partial charge in [-0.1, -0.05) is 11.8 Å². The van der Waals surface area contributed by atoms with Crippen molar-refractivity contribution in [2.24, 2.45) is 0 Å². The van der Waals surface area contributed by atoms with Gasteiger partial charge in [0.1, 0.15) is 11.8 Å². The third-order valence-electron chi connectivity index (χ3n) is 1.66. The van der Waals surface area contributed by atoms with Crippen molar-refractivity contribution in [3.63, 3.8) is 0 Å². The Kier molecular flexibility index (Phi) is 3.30. The molecule has 1 aliphatic heterocycles. The maximum absolute atomic E-state index is 11.3. The molecule has 0 aromatic carbocycles. The molecule has 8 heteroatoms. The first kappa shape index (κ1) is 11.5. The molecule has 0 saturated carbocycles. The van der Waals surface area contributed by atoms with Crippen molar-refractivity contribution in [2.45, 2.75) is 11.7 Å². The summed E-state index contributed by atoms with van der Waals surface area (Å²) in [6.45, 7) is -0.721. The molecule has 0 aliphatic carbocycles. The van der Waals surface area contributed by atoms with Gasteiger partial charge in [-0.15, -0.1) is 0 Å². The summed E-state index contributed by atoms with van der Waals surface area (Å²) in [5.74, 6) is -3.27. The summed E-state index contributed by atoms with van der Waals surface area (Å²) in [5, 5.41) is 15.1. The summed E-state index contributed by atoms with van der Waals surface area (Å²) < 4.78 is 0. The van der Waals surface area contributed by atoms with E-state index in [1.165, 1.54) is 0 Å². The number of rotatable bonds is 4. The Bertz CT molecular complexity index is 340. The van der Waals surface area contributed by atoms with Crippen LogP contribution in [0.2, 0.25) is 0 Å². The smallest absolute Gasteiger partial charge is 0.323 e. The topological polar surface area (TPSA) is 112 Å². The molecular formula is C7H7NO6S. The van der Waals surface area contributed by atoms with Crippen LogP contribution in [0.4, 0.5) is 4.79 Å². The van der Waals surface area contributed by atoms with Crippen molar-refractivity contribution < 1.29 is 29.4 Å². The van der Waals surface area contributed by atoms with E-state index in [2.05, 4.69) is 0 Å².